The van der Waals surface area contributed by atoms with Crippen molar-refractivity contribution in [1.29, 1.82) is 0 Å². The zero-order valence-corrected chi connectivity index (χ0v) is 20.7. The van der Waals surface area contributed by atoms with Crippen LogP contribution in [-0.2, 0) is 30.6 Å². The number of aryl methyl sites for hydroxylation is 1. The molecular formula is C22H22ClF4N3OS2. The van der Waals surface area contributed by atoms with Gasteiger partial charge in [0.1, 0.15) is 16.6 Å². The molecule has 0 fully saturated rings. The van der Waals surface area contributed by atoms with E-state index in [1.807, 2.05) is 20.8 Å². The van der Waals surface area contributed by atoms with Gasteiger partial charge < -0.3 is 4.55 Å². The second-order valence-corrected chi connectivity index (χ2v) is 12.7. The Morgan fingerprint density at radius 2 is 1.94 bits per heavy atom. The fraction of sp³-hybridized carbons (Fsp3) is 0.409. The van der Waals surface area contributed by atoms with Gasteiger partial charge in [-0.15, -0.1) is 15.6 Å². The number of rotatable bonds is 4. The fourth-order valence-corrected chi connectivity index (χ4v) is 6.77. The first-order chi connectivity index (χ1) is 15.3. The summed E-state index contributed by atoms with van der Waals surface area (Å²) in [7, 11) is 0. The molecule has 0 amide bonds. The minimum absolute atomic E-state index is 0.194. The zero-order valence-electron chi connectivity index (χ0n) is 18.3. The second-order valence-electron chi connectivity index (χ2n) is 8.72. The quantitative estimate of drug-likeness (QED) is 0.281. The van der Waals surface area contributed by atoms with Crippen molar-refractivity contribution < 1.29 is 22.1 Å². The normalized spacial score (nSPS) is 18.1. The van der Waals surface area contributed by atoms with E-state index in [1.165, 1.54) is 23.6 Å². The summed E-state index contributed by atoms with van der Waals surface area (Å²) in [6.07, 6.45) is -3.55. The predicted molar refractivity (Wildman–Crippen MR) is 123 cm³/mol. The van der Waals surface area contributed by atoms with Crippen LogP contribution in [-0.4, -0.2) is 23.4 Å². The van der Waals surface area contributed by atoms with E-state index in [2.05, 4.69) is 5.10 Å². The monoisotopic (exact) mass is 519 g/mol. The van der Waals surface area contributed by atoms with Gasteiger partial charge in [-0.1, -0.05) is 23.7 Å². The van der Waals surface area contributed by atoms with Crippen molar-refractivity contribution in [2.24, 2.45) is 0 Å². The van der Waals surface area contributed by atoms with Crippen LogP contribution in [0.4, 0.5) is 17.6 Å². The first kappa shape index (κ1) is 24.5. The largest absolute Gasteiger partial charge is 0.597 e. The maximum atomic E-state index is 15.3. The van der Waals surface area contributed by atoms with Crippen molar-refractivity contribution in [1.82, 2.24) is 14.1 Å². The number of thiophene rings is 1. The Morgan fingerprint density at radius 1 is 1.24 bits per heavy atom. The Hall–Kier alpha value is -1.59. The molecule has 33 heavy (non-hydrogen) atoms. The lowest BCUT2D eigenvalue weighted by Crippen LogP contribution is -2.42. The molecule has 11 heteroatoms. The van der Waals surface area contributed by atoms with E-state index in [1.54, 1.807) is 23.4 Å². The molecule has 0 N–H and O–H groups in total. The average molecular weight is 520 g/mol. The smallest absolute Gasteiger partial charge is 0.435 e. The summed E-state index contributed by atoms with van der Waals surface area (Å²) in [4.78, 5) is 0.859. The Bertz CT molecular complexity index is 1190. The van der Waals surface area contributed by atoms with E-state index in [0.29, 0.717) is 16.4 Å². The van der Waals surface area contributed by atoms with E-state index in [4.69, 9.17) is 11.6 Å². The molecular weight excluding hydrogens is 498 g/mol. The maximum absolute atomic E-state index is 15.3. The average Bonchev–Trinajstić information content (AvgIpc) is 3.37. The minimum atomic E-state index is -4.77. The number of fused-ring (bicyclic) bond motifs is 1. The van der Waals surface area contributed by atoms with Crippen molar-refractivity contribution in [3.63, 3.8) is 0 Å². The summed E-state index contributed by atoms with van der Waals surface area (Å²) < 4.78 is 73.0. The summed E-state index contributed by atoms with van der Waals surface area (Å²) >= 11 is 6.05. The van der Waals surface area contributed by atoms with Gasteiger partial charge >= 0.3 is 6.18 Å². The van der Waals surface area contributed by atoms with Crippen LogP contribution in [0.3, 0.4) is 0 Å². The lowest BCUT2D eigenvalue weighted by atomic mass is 9.92. The molecule has 3 heterocycles. The summed E-state index contributed by atoms with van der Waals surface area (Å²) in [6.45, 7) is 7.61. The molecule has 2 atom stereocenters. The Kier molecular flexibility index (Phi) is 6.37. The topological polar surface area (TPSA) is 44.1 Å². The number of hydrogen-bond acceptors (Lipinski definition) is 4. The van der Waals surface area contributed by atoms with Gasteiger partial charge in [0.15, 0.2) is 5.69 Å². The summed E-state index contributed by atoms with van der Waals surface area (Å²) in [5.41, 5.74) is -0.664. The summed E-state index contributed by atoms with van der Waals surface area (Å²) in [5, 5.41) is 3.66. The molecule has 4 rings (SSSR count). The number of benzene rings is 1. The zero-order chi connectivity index (χ0) is 24.3. The molecule has 1 aromatic carbocycles. The molecule has 0 radical (unpaired) electrons. The van der Waals surface area contributed by atoms with Gasteiger partial charge in [-0.3, -0.25) is 4.68 Å². The van der Waals surface area contributed by atoms with Crippen molar-refractivity contribution in [3.05, 3.63) is 62.3 Å². The highest BCUT2D eigenvalue weighted by molar-refractivity contribution is 7.90. The number of aromatic nitrogens is 2. The highest BCUT2D eigenvalue weighted by atomic mass is 35.5. The van der Waals surface area contributed by atoms with Gasteiger partial charge in [0.25, 0.3) is 0 Å². The third kappa shape index (κ3) is 4.43. The molecule has 178 valence electrons. The number of hydrogen-bond donors (Lipinski definition) is 0. The molecule has 3 aromatic rings. The molecule has 0 aliphatic carbocycles. The van der Waals surface area contributed by atoms with Crippen LogP contribution in [0.2, 0.25) is 4.34 Å². The van der Waals surface area contributed by atoms with E-state index in [9.17, 15) is 17.7 Å². The van der Waals surface area contributed by atoms with Crippen LogP contribution in [0.25, 0.3) is 11.1 Å². The molecule has 2 aromatic heterocycles. The first-order valence-corrected chi connectivity index (χ1v) is 12.5. The molecule has 0 bridgehead atoms. The van der Waals surface area contributed by atoms with Crippen LogP contribution < -0.4 is 0 Å². The fourth-order valence-electron chi connectivity index (χ4n) is 4.01. The predicted octanol–water partition coefficient (Wildman–Crippen LogP) is 6.81. The summed E-state index contributed by atoms with van der Waals surface area (Å²) in [6, 6.07) is 5.17. The third-order valence-corrected chi connectivity index (χ3v) is 8.47. The molecule has 1 aliphatic heterocycles. The molecule has 0 spiro atoms. The molecule has 1 aliphatic rings. The van der Waals surface area contributed by atoms with Gasteiger partial charge in [0.2, 0.25) is 0 Å². The van der Waals surface area contributed by atoms with Gasteiger partial charge in [0, 0.05) is 40.1 Å². The van der Waals surface area contributed by atoms with E-state index in [-0.39, 0.29) is 17.7 Å². The lowest BCUT2D eigenvalue weighted by Gasteiger charge is -2.34. The Balaban J connectivity index is 1.97. The van der Waals surface area contributed by atoms with Gasteiger partial charge in [-0.2, -0.15) is 18.3 Å². The minimum Gasteiger partial charge on any atom is -0.597 e. The van der Waals surface area contributed by atoms with E-state index >= 15 is 4.39 Å². The van der Waals surface area contributed by atoms with Crippen LogP contribution in [0.5, 0.6) is 0 Å². The molecule has 4 nitrogen and oxygen atoms in total. The maximum Gasteiger partial charge on any atom is 0.435 e. The van der Waals surface area contributed by atoms with Crippen molar-refractivity contribution in [3.8, 4) is 11.1 Å². The van der Waals surface area contributed by atoms with Crippen LogP contribution in [0.1, 0.15) is 55.4 Å². The van der Waals surface area contributed by atoms with Crippen molar-refractivity contribution in [2.75, 3.05) is 0 Å². The molecule has 0 saturated carbocycles. The standard InChI is InChI=1S/C22H22ClF4N3OS2/c1-5-29-10-14(20(28-29)22(25,26)27)18-12(7-6-8-15(18)24)19-13-9-17(23)32-16(13)11-30(19)33(31)21(2,3)4/h6-10,19H,5,11H2,1-4H3/t19-,33-/m1/s1. The van der Waals surface area contributed by atoms with Gasteiger partial charge in [-0.25, -0.2) is 4.39 Å². The number of halogens is 5. The third-order valence-electron chi connectivity index (χ3n) is 5.39. The Morgan fingerprint density at radius 3 is 2.55 bits per heavy atom. The van der Waals surface area contributed by atoms with Crippen LogP contribution in [0, 0.1) is 5.82 Å². The highest BCUT2D eigenvalue weighted by Gasteiger charge is 2.47. The number of alkyl halides is 3. The van der Waals surface area contributed by atoms with Crippen molar-refractivity contribution >= 4 is 34.3 Å². The highest BCUT2D eigenvalue weighted by Crippen LogP contribution is 2.50. The molecule has 0 unspecified atom stereocenters. The van der Waals surface area contributed by atoms with E-state index < -0.39 is 39.8 Å². The van der Waals surface area contributed by atoms with Gasteiger partial charge in [-0.05, 0) is 51.0 Å². The number of nitrogens with zero attached hydrogens (tertiary/aromatic N) is 3. The van der Waals surface area contributed by atoms with Crippen LogP contribution >= 0.6 is 22.9 Å². The lowest BCUT2D eigenvalue weighted by molar-refractivity contribution is -0.141. The van der Waals surface area contributed by atoms with Gasteiger partial charge in [0.05, 0.1) is 10.9 Å². The van der Waals surface area contributed by atoms with Crippen LogP contribution in [0.15, 0.2) is 30.5 Å². The Labute approximate surface area is 201 Å². The van der Waals surface area contributed by atoms with Crippen molar-refractivity contribution in [2.45, 2.75) is 57.7 Å². The second kappa shape index (κ2) is 8.57. The first-order valence-electron chi connectivity index (χ1n) is 10.2. The van der Waals surface area contributed by atoms with E-state index in [0.717, 1.165) is 21.2 Å². The SMILES string of the molecule is CCn1cc(-c2c(F)cccc2[C@@H]2c3cc(Cl)sc3CN2[S@+]([O-])C(C)(C)C)c(C(F)(F)F)n1. The molecule has 0 saturated heterocycles. The summed E-state index contributed by atoms with van der Waals surface area (Å²) in [5.74, 6) is -0.801.